The Balaban J connectivity index is 1.36. The minimum atomic E-state index is -1.50. The summed E-state index contributed by atoms with van der Waals surface area (Å²) >= 11 is 1.76. The number of rotatable bonds is 7. The van der Waals surface area contributed by atoms with Crippen molar-refractivity contribution in [2.24, 2.45) is 0 Å². The molecule has 1 N–H and O–H groups in total. The molecule has 5 rings (SSSR count). The van der Waals surface area contributed by atoms with Gasteiger partial charge in [-0.3, -0.25) is 4.79 Å². The van der Waals surface area contributed by atoms with Gasteiger partial charge in [0.25, 0.3) is 5.91 Å². The molecule has 2 amide bonds. The number of ether oxygens (including phenoxy) is 2. The summed E-state index contributed by atoms with van der Waals surface area (Å²) in [5.74, 6) is 0.808. The Morgan fingerprint density at radius 3 is 2.38 bits per heavy atom. The number of alkyl halides is 2. The second kappa shape index (κ2) is 12.5. The molecule has 1 aliphatic heterocycles. The lowest BCUT2D eigenvalue weighted by Crippen LogP contribution is -2.37. The van der Waals surface area contributed by atoms with Crippen molar-refractivity contribution >= 4 is 40.3 Å². The number of amides is 2. The Hall–Kier alpha value is -3.92. The number of hydrogen-bond donors (Lipinski definition) is 1. The monoisotopic (exact) mass is 678 g/mol. The topological polar surface area (TPSA) is 67.9 Å². The van der Waals surface area contributed by atoms with Gasteiger partial charge in [-0.2, -0.15) is 0 Å². The predicted molar refractivity (Wildman–Crippen MR) is 171 cm³/mol. The normalized spacial score (nSPS) is 14.1. The van der Waals surface area contributed by atoms with Crippen LogP contribution in [0, 0.1) is 0 Å². The molecule has 0 saturated carbocycles. The number of para-hydroxylation sites is 1. The van der Waals surface area contributed by atoms with E-state index in [2.05, 4.69) is 5.32 Å². The summed E-state index contributed by atoms with van der Waals surface area (Å²) in [5, 5.41) is 3.04. The van der Waals surface area contributed by atoms with Crippen molar-refractivity contribution in [3.05, 3.63) is 113 Å². The van der Waals surface area contributed by atoms with E-state index in [1.807, 2.05) is 68.4 Å². The maximum atomic E-state index is 14.5. The molecule has 0 aliphatic carbocycles. The van der Waals surface area contributed by atoms with Gasteiger partial charge in [0.15, 0.2) is 3.68 Å². The third-order valence-corrected chi connectivity index (χ3v) is 7.62. The standard InChI is InChI=1S/C34H32FIN2O4/c1-22(2)41-30-11-7-10-29(31(30)23-12-15-26(16-13-23)34(3,35)36)32(39)37-27-17-14-25-21-38(19-18-24(25)20-27)33(40)42-28-8-5-4-6-9-28/h4-17,20,22H,18-19,21H2,1-3H3,(H,37,39). The second-order valence-corrected chi connectivity index (χ2v) is 12.6. The first-order chi connectivity index (χ1) is 20.1. The molecule has 0 fully saturated rings. The van der Waals surface area contributed by atoms with E-state index in [9.17, 15) is 14.0 Å². The summed E-state index contributed by atoms with van der Waals surface area (Å²) in [6.07, 6.45) is 0.153. The van der Waals surface area contributed by atoms with Crippen LogP contribution in [0.25, 0.3) is 11.1 Å². The fourth-order valence-corrected chi connectivity index (χ4v) is 5.30. The molecule has 4 aromatic carbocycles. The van der Waals surface area contributed by atoms with Gasteiger partial charge < -0.3 is 19.7 Å². The van der Waals surface area contributed by atoms with Gasteiger partial charge in [0.2, 0.25) is 0 Å². The van der Waals surface area contributed by atoms with Crippen molar-refractivity contribution in [3.8, 4) is 22.6 Å². The average molecular weight is 679 g/mol. The van der Waals surface area contributed by atoms with Crippen molar-refractivity contribution in [1.82, 2.24) is 4.90 Å². The summed E-state index contributed by atoms with van der Waals surface area (Å²) in [7, 11) is 0. The number of carbonyl (C=O) groups excluding carboxylic acids is 2. The third kappa shape index (κ3) is 6.92. The van der Waals surface area contributed by atoms with Crippen LogP contribution in [0.2, 0.25) is 0 Å². The van der Waals surface area contributed by atoms with Crippen LogP contribution >= 0.6 is 22.6 Å². The number of anilines is 1. The van der Waals surface area contributed by atoms with E-state index >= 15 is 0 Å². The molecule has 1 heterocycles. The predicted octanol–water partition coefficient (Wildman–Crippen LogP) is 8.53. The molecule has 8 heteroatoms. The summed E-state index contributed by atoms with van der Waals surface area (Å²) in [5.41, 5.74) is 5.13. The molecule has 4 aromatic rings. The Morgan fingerprint density at radius 1 is 0.952 bits per heavy atom. The van der Waals surface area contributed by atoms with Crippen LogP contribution in [0.3, 0.4) is 0 Å². The first-order valence-electron chi connectivity index (χ1n) is 13.8. The van der Waals surface area contributed by atoms with Gasteiger partial charge in [-0.25, -0.2) is 9.18 Å². The van der Waals surface area contributed by atoms with Gasteiger partial charge >= 0.3 is 6.09 Å². The van der Waals surface area contributed by atoms with E-state index in [0.29, 0.717) is 53.4 Å². The maximum Gasteiger partial charge on any atom is 0.415 e. The van der Waals surface area contributed by atoms with E-state index < -0.39 is 3.68 Å². The molecule has 0 spiro atoms. The molecule has 1 unspecified atom stereocenters. The highest BCUT2D eigenvalue weighted by molar-refractivity contribution is 14.1. The van der Waals surface area contributed by atoms with E-state index in [-0.39, 0.29) is 18.1 Å². The molecule has 1 atom stereocenters. The highest BCUT2D eigenvalue weighted by Crippen LogP contribution is 2.38. The lowest BCUT2D eigenvalue weighted by atomic mass is 9.96. The van der Waals surface area contributed by atoms with Gasteiger partial charge in [-0.15, -0.1) is 0 Å². The number of hydrogen-bond acceptors (Lipinski definition) is 4. The second-order valence-electron chi connectivity index (χ2n) is 10.6. The minimum absolute atomic E-state index is 0.102. The Morgan fingerprint density at radius 2 is 1.69 bits per heavy atom. The largest absolute Gasteiger partial charge is 0.490 e. The highest BCUT2D eigenvalue weighted by atomic mass is 127. The molecule has 1 aliphatic rings. The van der Waals surface area contributed by atoms with Crippen LogP contribution in [-0.2, 0) is 16.6 Å². The SMILES string of the molecule is CC(C)Oc1cccc(C(=O)Nc2ccc3c(c2)CCN(C(=O)Oc2ccccc2)C3)c1-c1ccc(C(C)(F)I)cc1. The summed E-state index contributed by atoms with van der Waals surface area (Å²) in [6, 6.07) is 27.2. The van der Waals surface area contributed by atoms with Crippen molar-refractivity contribution in [1.29, 1.82) is 0 Å². The van der Waals surface area contributed by atoms with Gasteiger partial charge in [-0.1, -0.05) is 54.6 Å². The lowest BCUT2D eigenvalue weighted by molar-refractivity contribution is 0.102. The van der Waals surface area contributed by atoms with Crippen LogP contribution in [0.1, 0.15) is 47.8 Å². The van der Waals surface area contributed by atoms with Crippen molar-refractivity contribution in [2.45, 2.75) is 43.5 Å². The quantitative estimate of drug-likeness (QED) is 0.157. The Labute approximate surface area is 259 Å². The van der Waals surface area contributed by atoms with Gasteiger partial charge in [0.05, 0.1) is 11.7 Å². The molecular weight excluding hydrogens is 646 g/mol. The summed E-state index contributed by atoms with van der Waals surface area (Å²) in [4.78, 5) is 28.0. The lowest BCUT2D eigenvalue weighted by Gasteiger charge is -2.28. The van der Waals surface area contributed by atoms with Gasteiger partial charge in [-0.05, 0) is 108 Å². The first kappa shape index (κ1) is 29.6. The summed E-state index contributed by atoms with van der Waals surface area (Å²) in [6.45, 7) is 6.31. The third-order valence-electron chi connectivity index (χ3n) is 7.00. The maximum absolute atomic E-state index is 14.5. The van der Waals surface area contributed by atoms with E-state index in [1.165, 1.54) is 6.92 Å². The molecule has 42 heavy (non-hydrogen) atoms. The smallest absolute Gasteiger partial charge is 0.415 e. The van der Waals surface area contributed by atoms with E-state index in [1.54, 1.807) is 63.9 Å². The highest BCUT2D eigenvalue weighted by Gasteiger charge is 2.25. The number of nitrogens with one attached hydrogen (secondary N) is 1. The number of benzene rings is 4. The van der Waals surface area contributed by atoms with Gasteiger partial charge in [0.1, 0.15) is 11.5 Å². The average Bonchev–Trinajstić information content (AvgIpc) is 2.96. The van der Waals surface area contributed by atoms with E-state index in [0.717, 1.165) is 16.7 Å². The molecule has 0 saturated heterocycles. The molecule has 6 nitrogen and oxygen atoms in total. The Bertz CT molecular complexity index is 1580. The Kier molecular flexibility index (Phi) is 8.82. The minimum Gasteiger partial charge on any atom is -0.490 e. The number of halogens is 2. The van der Waals surface area contributed by atoms with Crippen LogP contribution in [0.5, 0.6) is 11.5 Å². The number of carbonyl (C=O) groups is 2. The number of fused-ring (bicyclic) bond motifs is 1. The molecular formula is C34H32FIN2O4. The number of nitrogens with zero attached hydrogens (tertiary/aromatic N) is 1. The van der Waals surface area contributed by atoms with Crippen LogP contribution in [0.4, 0.5) is 14.9 Å². The van der Waals surface area contributed by atoms with Crippen molar-refractivity contribution in [2.75, 3.05) is 11.9 Å². The zero-order chi connectivity index (χ0) is 29.9. The molecule has 0 bridgehead atoms. The van der Waals surface area contributed by atoms with Gasteiger partial charge in [0, 0.05) is 24.3 Å². The fraction of sp³-hybridized carbons (Fsp3) is 0.235. The van der Waals surface area contributed by atoms with Crippen LogP contribution < -0.4 is 14.8 Å². The zero-order valence-corrected chi connectivity index (χ0v) is 25.9. The first-order valence-corrected chi connectivity index (χ1v) is 14.9. The summed E-state index contributed by atoms with van der Waals surface area (Å²) < 4.78 is 24.6. The van der Waals surface area contributed by atoms with Crippen LogP contribution in [-0.4, -0.2) is 29.5 Å². The van der Waals surface area contributed by atoms with Crippen LogP contribution in [0.15, 0.2) is 91.0 Å². The van der Waals surface area contributed by atoms with Crippen molar-refractivity contribution < 1.29 is 23.5 Å². The molecule has 0 radical (unpaired) electrons. The zero-order valence-electron chi connectivity index (χ0n) is 23.7. The van der Waals surface area contributed by atoms with Crippen molar-refractivity contribution in [3.63, 3.8) is 0 Å². The molecule has 0 aromatic heterocycles. The molecule has 216 valence electrons. The van der Waals surface area contributed by atoms with E-state index in [4.69, 9.17) is 9.47 Å². The fourth-order valence-electron chi connectivity index (χ4n) is 4.94.